The van der Waals surface area contributed by atoms with Crippen molar-refractivity contribution < 1.29 is 19.1 Å². The maximum atomic E-state index is 12.6. The van der Waals surface area contributed by atoms with Crippen LogP contribution in [0.1, 0.15) is 28.8 Å². The molecule has 2 aliphatic rings. The van der Waals surface area contributed by atoms with Crippen LogP contribution < -0.4 is 4.74 Å². The zero-order valence-corrected chi connectivity index (χ0v) is 12.1. The van der Waals surface area contributed by atoms with Crippen molar-refractivity contribution in [3.8, 4) is 5.75 Å². The first kappa shape index (κ1) is 13.9. The number of benzene rings is 1. The van der Waals surface area contributed by atoms with Crippen molar-refractivity contribution >= 4 is 11.9 Å². The summed E-state index contributed by atoms with van der Waals surface area (Å²) in [4.78, 5) is 26.0. The molecule has 1 fully saturated rings. The normalized spacial score (nSPS) is 20.6. The van der Waals surface area contributed by atoms with Gasteiger partial charge in [-0.1, -0.05) is 0 Å². The van der Waals surface area contributed by atoms with Gasteiger partial charge in [-0.2, -0.15) is 0 Å². The molecule has 0 bridgehead atoms. The monoisotopic (exact) mass is 289 g/mol. The van der Waals surface area contributed by atoms with E-state index < -0.39 is 0 Å². The van der Waals surface area contributed by atoms with Gasteiger partial charge in [0.1, 0.15) is 5.75 Å². The van der Waals surface area contributed by atoms with Crippen molar-refractivity contribution in [2.75, 3.05) is 26.8 Å². The summed E-state index contributed by atoms with van der Waals surface area (Å²) >= 11 is 0. The lowest BCUT2D eigenvalue weighted by atomic mass is 9.97. The number of fused-ring (bicyclic) bond motifs is 1. The fourth-order valence-electron chi connectivity index (χ4n) is 3.02. The van der Waals surface area contributed by atoms with Gasteiger partial charge >= 0.3 is 5.97 Å². The number of amides is 1. The van der Waals surface area contributed by atoms with Gasteiger partial charge < -0.3 is 14.4 Å². The molecule has 0 saturated carbocycles. The third kappa shape index (κ3) is 2.73. The SMILES string of the molecule is COC(=O)C1CCCN(C(=O)c2ccc3c(c2)CCO3)C1. The molecule has 1 amide bonds. The Labute approximate surface area is 123 Å². The topological polar surface area (TPSA) is 55.8 Å². The van der Waals surface area contributed by atoms with Crippen molar-refractivity contribution in [1.82, 2.24) is 4.90 Å². The van der Waals surface area contributed by atoms with Crippen LogP contribution in [-0.2, 0) is 16.0 Å². The number of hydrogen-bond donors (Lipinski definition) is 0. The molecule has 1 atom stereocenters. The molecule has 2 heterocycles. The number of piperidine rings is 1. The molecule has 5 heteroatoms. The van der Waals surface area contributed by atoms with Crippen LogP contribution in [0.4, 0.5) is 0 Å². The summed E-state index contributed by atoms with van der Waals surface area (Å²) in [5.41, 5.74) is 1.76. The number of hydrogen-bond acceptors (Lipinski definition) is 4. The van der Waals surface area contributed by atoms with Gasteiger partial charge in [0.25, 0.3) is 5.91 Å². The Morgan fingerprint density at radius 2 is 2.24 bits per heavy atom. The van der Waals surface area contributed by atoms with Crippen molar-refractivity contribution in [2.45, 2.75) is 19.3 Å². The second-order valence-electron chi connectivity index (χ2n) is 5.53. The summed E-state index contributed by atoms with van der Waals surface area (Å²) in [6.45, 7) is 1.82. The smallest absolute Gasteiger partial charge is 0.310 e. The van der Waals surface area contributed by atoms with Gasteiger partial charge in [-0.25, -0.2) is 0 Å². The first-order valence-corrected chi connectivity index (χ1v) is 7.32. The van der Waals surface area contributed by atoms with Crippen LogP contribution in [0.5, 0.6) is 5.75 Å². The number of esters is 1. The minimum Gasteiger partial charge on any atom is -0.493 e. The second-order valence-corrected chi connectivity index (χ2v) is 5.53. The highest BCUT2D eigenvalue weighted by molar-refractivity contribution is 5.95. The Kier molecular flexibility index (Phi) is 3.82. The first-order valence-electron chi connectivity index (χ1n) is 7.32. The fourth-order valence-corrected chi connectivity index (χ4v) is 3.02. The fraction of sp³-hybridized carbons (Fsp3) is 0.500. The van der Waals surface area contributed by atoms with E-state index in [2.05, 4.69) is 0 Å². The molecule has 1 aromatic rings. The van der Waals surface area contributed by atoms with Crippen LogP contribution >= 0.6 is 0 Å². The Morgan fingerprint density at radius 3 is 3.05 bits per heavy atom. The van der Waals surface area contributed by atoms with E-state index in [0.29, 0.717) is 25.3 Å². The maximum absolute atomic E-state index is 12.6. The van der Waals surface area contributed by atoms with Crippen LogP contribution in [0.15, 0.2) is 18.2 Å². The Balaban J connectivity index is 1.74. The van der Waals surface area contributed by atoms with E-state index in [1.54, 1.807) is 11.0 Å². The van der Waals surface area contributed by atoms with Crippen LogP contribution in [0.3, 0.4) is 0 Å². The molecule has 3 rings (SSSR count). The largest absolute Gasteiger partial charge is 0.493 e. The van der Waals surface area contributed by atoms with Crippen molar-refractivity contribution in [3.63, 3.8) is 0 Å². The standard InChI is InChI=1S/C16H19NO4/c1-20-16(19)13-3-2-7-17(10-13)15(18)12-4-5-14-11(9-12)6-8-21-14/h4-5,9,13H,2-3,6-8,10H2,1H3. The molecular formula is C16H19NO4. The predicted molar refractivity (Wildman–Crippen MR) is 76.3 cm³/mol. The zero-order valence-electron chi connectivity index (χ0n) is 12.1. The summed E-state index contributed by atoms with van der Waals surface area (Å²) in [7, 11) is 1.39. The molecule has 1 aromatic carbocycles. The van der Waals surface area contributed by atoms with Crippen LogP contribution in [-0.4, -0.2) is 43.6 Å². The second kappa shape index (κ2) is 5.76. The summed E-state index contributed by atoms with van der Waals surface area (Å²) in [6, 6.07) is 5.57. The van der Waals surface area contributed by atoms with Crippen LogP contribution in [0.25, 0.3) is 0 Å². The maximum Gasteiger partial charge on any atom is 0.310 e. The van der Waals surface area contributed by atoms with Crippen molar-refractivity contribution in [2.24, 2.45) is 5.92 Å². The molecule has 1 saturated heterocycles. The Morgan fingerprint density at radius 1 is 1.38 bits per heavy atom. The number of carbonyl (C=O) groups excluding carboxylic acids is 2. The molecule has 0 N–H and O–H groups in total. The predicted octanol–water partition coefficient (Wildman–Crippen LogP) is 1.65. The summed E-state index contributed by atoms with van der Waals surface area (Å²) in [6.07, 6.45) is 2.47. The molecule has 0 aliphatic carbocycles. The minimum absolute atomic E-state index is 0.0155. The van der Waals surface area contributed by atoms with Gasteiger partial charge in [0, 0.05) is 25.1 Å². The van der Waals surface area contributed by atoms with Gasteiger partial charge in [0.15, 0.2) is 0 Å². The van der Waals surface area contributed by atoms with Crippen molar-refractivity contribution in [3.05, 3.63) is 29.3 Å². The van der Waals surface area contributed by atoms with E-state index in [4.69, 9.17) is 9.47 Å². The van der Waals surface area contributed by atoms with Gasteiger partial charge in [-0.3, -0.25) is 9.59 Å². The summed E-state index contributed by atoms with van der Waals surface area (Å²) in [5.74, 6) is 0.427. The average molecular weight is 289 g/mol. The molecule has 0 spiro atoms. The number of carbonyl (C=O) groups is 2. The molecule has 1 unspecified atom stereocenters. The van der Waals surface area contributed by atoms with Gasteiger partial charge in [0.05, 0.1) is 19.6 Å². The van der Waals surface area contributed by atoms with Gasteiger partial charge in [0.2, 0.25) is 0 Å². The first-order chi connectivity index (χ1) is 10.2. The highest BCUT2D eigenvalue weighted by Crippen LogP contribution is 2.27. The number of methoxy groups -OCH3 is 1. The summed E-state index contributed by atoms with van der Waals surface area (Å²) in [5, 5.41) is 0. The lowest BCUT2D eigenvalue weighted by Gasteiger charge is -2.31. The number of nitrogens with zero attached hydrogens (tertiary/aromatic N) is 1. The van der Waals surface area contributed by atoms with E-state index in [9.17, 15) is 9.59 Å². The van der Waals surface area contributed by atoms with Crippen LogP contribution in [0, 0.1) is 5.92 Å². The molecule has 0 aromatic heterocycles. The number of ether oxygens (including phenoxy) is 2. The molecule has 21 heavy (non-hydrogen) atoms. The Hall–Kier alpha value is -2.04. The molecule has 0 radical (unpaired) electrons. The van der Waals surface area contributed by atoms with Crippen molar-refractivity contribution in [1.29, 1.82) is 0 Å². The molecule has 2 aliphatic heterocycles. The van der Waals surface area contributed by atoms with E-state index >= 15 is 0 Å². The molecule has 5 nitrogen and oxygen atoms in total. The van der Waals surface area contributed by atoms with E-state index in [1.807, 2.05) is 12.1 Å². The van der Waals surface area contributed by atoms with E-state index in [0.717, 1.165) is 30.6 Å². The number of likely N-dealkylation sites (tertiary alicyclic amines) is 1. The average Bonchev–Trinajstić information content (AvgIpc) is 3.01. The molecule has 112 valence electrons. The lowest BCUT2D eigenvalue weighted by molar-refractivity contribution is -0.146. The summed E-state index contributed by atoms with van der Waals surface area (Å²) < 4.78 is 10.2. The zero-order chi connectivity index (χ0) is 14.8. The van der Waals surface area contributed by atoms with Gasteiger partial charge in [-0.15, -0.1) is 0 Å². The third-order valence-corrected chi connectivity index (χ3v) is 4.18. The number of rotatable bonds is 2. The van der Waals surface area contributed by atoms with Crippen LogP contribution in [0.2, 0.25) is 0 Å². The molecular weight excluding hydrogens is 270 g/mol. The minimum atomic E-state index is -0.227. The highest BCUT2D eigenvalue weighted by Gasteiger charge is 2.29. The lowest BCUT2D eigenvalue weighted by Crippen LogP contribution is -2.42. The quantitative estimate of drug-likeness (QED) is 0.777. The van der Waals surface area contributed by atoms with E-state index in [1.165, 1.54) is 7.11 Å². The Bertz CT molecular complexity index is 569. The van der Waals surface area contributed by atoms with Gasteiger partial charge in [-0.05, 0) is 36.6 Å². The highest BCUT2D eigenvalue weighted by atomic mass is 16.5. The third-order valence-electron chi connectivity index (χ3n) is 4.18. The van der Waals surface area contributed by atoms with E-state index in [-0.39, 0.29) is 17.8 Å².